The second kappa shape index (κ2) is 3.53. The Bertz CT molecular complexity index is 466. The number of rotatable bonds is 3. The summed E-state index contributed by atoms with van der Waals surface area (Å²) < 4.78 is 25.6. The Morgan fingerprint density at radius 3 is 2.44 bits per heavy atom. The summed E-state index contributed by atoms with van der Waals surface area (Å²) >= 11 is 0. The minimum Gasteiger partial charge on any atom is -0.212 e. The zero-order chi connectivity index (χ0) is 11.2. The zero-order valence-corrected chi connectivity index (χ0v) is 9.68. The topological polar surface area (TPSA) is 68.1 Å². The monoisotopic (exact) mass is 242 g/mol. The molecule has 1 saturated heterocycles. The van der Waals surface area contributed by atoms with E-state index in [0.717, 1.165) is 19.3 Å². The normalized spacial score (nSPS) is 27.4. The molecule has 1 unspecified atom stereocenters. The fourth-order valence-corrected chi connectivity index (χ4v) is 4.01. The van der Waals surface area contributed by atoms with Gasteiger partial charge in [-0.2, -0.15) is 19.3 Å². The van der Waals surface area contributed by atoms with Crippen LogP contribution in [0.5, 0.6) is 0 Å². The van der Waals surface area contributed by atoms with Crippen molar-refractivity contribution in [2.75, 3.05) is 13.1 Å². The van der Waals surface area contributed by atoms with Crippen molar-refractivity contribution in [2.45, 2.75) is 30.6 Å². The van der Waals surface area contributed by atoms with Crippen LogP contribution in [-0.2, 0) is 10.0 Å². The minimum atomic E-state index is -3.03. The van der Waals surface area contributed by atoms with Crippen molar-refractivity contribution < 1.29 is 8.42 Å². The Balaban J connectivity index is 1.74. The first-order valence-corrected chi connectivity index (χ1v) is 7.03. The van der Waals surface area contributed by atoms with Crippen molar-refractivity contribution in [3.8, 4) is 0 Å². The molecule has 0 bridgehead atoms. The molecular formula is C9H14N4O2S. The summed E-state index contributed by atoms with van der Waals surface area (Å²) in [5, 5.41) is 8.00. The fourth-order valence-electron chi connectivity index (χ4n) is 2.12. The van der Waals surface area contributed by atoms with E-state index in [1.165, 1.54) is 0 Å². The smallest absolute Gasteiger partial charge is 0.212 e. The second-order valence-corrected chi connectivity index (χ2v) is 6.61. The van der Waals surface area contributed by atoms with Crippen molar-refractivity contribution in [1.29, 1.82) is 0 Å². The van der Waals surface area contributed by atoms with Gasteiger partial charge in [-0.05, 0) is 19.3 Å². The van der Waals surface area contributed by atoms with Gasteiger partial charge >= 0.3 is 0 Å². The molecule has 3 rings (SSSR count). The molecule has 1 aliphatic carbocycles. The predicted molar refractivity (Wildman–Crippen MR) is 57.2 cm³/mol. The number of nitrogens with zero attached hydrogens (tertiary/aromatic N) is 4. The number of aromatic nitrogens is 3. The first-order valence-electron chi connectivity index (χ1n) is 5.52. The van der Waals surface area contributed by atoms with Crippen LogP contribution in [-0.4, -0.2) is 46.1 Å². The zero-order valence-electron chi connectivity index (χ0n) is 8.86. The Hall–Kier alpha value is -0.950. The van der Waals surface area contributed by atoms with Gasteiger partial charge in [0, 0.05) is 13.1 Å². The predicted octanol–water partition coefficient (Wildman–Crippen LogP) is 0.0171. The summed E-state index contributed by atoms with van der Waals surface area (Å²) in [7, 11) is -3.03. The van der Waals surface area contributed by atoms with E-state index in [2.05, 4.69) is 10.2 Å². The molecule has 2 heterocycles. The van der Waals surface area contributed by atoms with E-state index in [4.69, 9.17) is 0 Å². The molecule has 1 atom stereocenters. The highest BCUT2D eigenvalue weighted by molar-refractivity contribution is 7.90. The van der Waals surface area contributed by atoms with E-state index >= 15 is 0 Å². The molecule has 0 amide bonds. The SMILES string of the molecule is O=S(=O)(C1CC1)N1CCC(n2nccn2)C1. The third-order valence-electron chi connectivity index (χ3n) is 3.19. The minimum absolute atomic E-state index is 0.100. The van der Waals surface area contributed by atoms with Crippen molar-refractivity contribution in [3.05, 3.63) is 12.4 Å². The quantitative estimate of drug-likeness (QED) is 0.749. The van der Waals surface area contributed by atoms with Gasteiger partial charge in [-0.25, -0.2) is 8.42 Å². The third kappa shape index (κ3) is 1.63. The van der Waals surface area contributed by atoms with Gasteiger partial charge in [-0.15, -0.1) is 0 Å². The van der Waals surface area contributed by atoms with Crippen LogP contribution in [0.2, 0.25) is 0 Å². The fraction of sp³-hybridized carbons (Fsp3) is 0.778. The Kier molecular flexibility index (Phi) is 2.25. The summed E-state index contributed by atoms with van der Waals surface area (Å²) in [5.41, 5.74) is 0. The van der Waals surface area contributed by atoms with Crippen LogP contribution in [0.25, 0.3) is 0 Å². The highest BCUT2D eigenvalue weighted by Gasteiger charge is 2.43. The Labute approximate surface area is 94.3 Å². The summed E-state index contributed by atoms with van der Waals surface area (Å²) in [6.45, 7) is 1.12. The summed E-state index contributed by atoms with van der Waals surface area (Å²) in [6.07, 6.45) is 5.70. The molecule has 0 aromatic carbocycles. The van der Waals surface area contributed by atoms with Gasteiger partial charge in [0.05, 0.1) is 23.7 Å². The van der Waals surface area contributed by atoms with Crippen molar-refractivity contribution in [1.82, 2.24) is 19.3 Å². The molecule has 7 heteroatoms. The van der Waals surface area contributed by atoms with E-state index in [1.807, 2.05) is 0 Å². The molecule has 1 aromatic rings. The summed E-state index contributed by atoms with van der Waals surface area (Å²) in [4.78, 5) is 1.61. The third-order valence-corrected chi connectivity index (χ3v) is 5.56. The van der Waals surface area contributed by atoms with Gasteiger partial charge in [-0.1, -0.05) is 0 Å². The van der Waals surface area contributed by atoms with Gasteiger partial charge in [0.1, 0.15) is 0 Å². The van der Waals surface area contributed by atoms with Gasteiger partial charge < -0.3 is 0 Å². The lowest BCUT2D eigenvalue weighted by atomic mass is 10.3. The maximum Gasteiger partial charge on any atom is 0.217 e. The largest absolute Gasteiger partial charge is 0.217 e. The van der Waals surface area contributed by atoms with Crippen molar-refractivity contribution >= 4 is 10.0 Å². The molecule has 0 N–H and O–H groups in total. The van der Waals surface area contributed by atoms with Gasteiger partial charge in [-0.3, -0.25) is 0 Å². The average Bonchev–Trinajstić information content (AvgIpc) is 2.82. The first kappa shape index (κ1) is 10.2. The van der Waals surface area contributed by atoms with Crippen LogP contribution in [0.15, 0.2) is 12.4 Å². The number of sulfonamides is 1. The van der Waals surface area contributed by atoms with E-state index in [-0.39, 0.29) is 11.3 Å². The second-order valence-electron chi connectivity index (χ2n) is 4.39. The van der Waals surface area contributed by atoms with E-state index in [0.29, 0.717) is 13.1 Å². The standard InChI is InChI=1S/C9H14N4O2S/c14-16(15,9-1-2-9)12-6-3-8(7-12)13-10-4-5-11-13/h4-5,8-9H,1-3,6-7H2. The van der Waals surface area contributed by atoms with Crippen LogP contribution in [0.4, 0.5) is 0 Å². The Morgan fingerprint density at radius 1 is 1.12 bits per heavy atom. The van der Waals surface area contributed by atoms with E-state index < -0.39 is 10.0 Å². The lowest BCUT2D eigenvalue weighted by Crippen LogP contribution is -2.32. The maximum absolute atomic E-state index is 12.0. The highest BCUT2D eigenvalue weighted by Crippen LogP contribution is 2.34. The van der Waals surface area contributed by atoms with Crippen LogP contribution in [0.3, 0.4) is 0 Å². The molecular weight excluding hydrogens is 228 g/mol. The first-order chi connectivity index (χ1) is 7.68. The van der Waals surface area contributed by atoms with Crippen molar-refractivity contribution in [3.63, 3.8) is 0 Å². The molecule has 2 aliphatic rings. The van der Waals surface area contributed by atoms with Crippen LogP contribution in [0.1, 0.15) is 25.3 Å². The molecule has 1 aliphatic heterocycles. The van der Waals surface area contributed by atoms with E-state index in [1.54, 1.807) is 21.5 Å². The molecule has 88 valence electrons. The molecule has 1 aromatic heterocycles. The van der Waals surface area contributed by atoms with Gasteiger partial charge in [0.2, 0.25) is 10.0 Å². The number of hydrogen-bond acceptors (Lipinski definition) is 4. The molecule has 6 nitrogen and oxygen atoms in total. The average molecular weight is 242 g/mol. The molecule has 0 spiro atoms. The maximum atomic E-state index is 12.0. The lowest BCUT2D eigenvalue weighted by Gasteiger charge is -2.15. The van der Waals surface area contributed by atoms with Gasteiger partial charge in [0.15, 0.2) is 0 Å². The summed E-state index contributed by atoms with van der Waals surface area (Å²) in [6, 6.07) is 0.100. The molecule has 16 heavy (non-hydrogen) atoms. The highest BCUT2D eigenvalue weighted by atomic mass is 32.2. The summed E-state index contributed by atoms with van der Waals surface area (Å²) in [5.74, 6) is 0. The Morgan fingerprint density at radius 2 is 1.81 bits per heavy atom. The van der Waals surface area contributed by atoms with Gasteiger partial charge in [0.25, 0.3) is 0 Å². The molecule has 0 radical (unpaired) electrons. The van der Waals surface area contributed by atoms with Crippen LogP contribution >= 0.6 is 0 Å². The van der Waals surface area contributed by atoms with E-state index in [9.17, 15) is 8.42 Å². The van der Waals surface area contributed by atoms with Crippen LogP contribution in [0, 0.1) is 0 Å². The number of hydrogen-bond donors (Lipinski definition) is 0. The molecule has 2 fully saturated rings. The van der Waals surface area contributed by atoms with Crippen LogP contribution < -0.4 is 0 Å². The lowest BCUT2D eigenvalue weighted by molar-refractivity contribution is 0.402. The molecule has 1 saturated carbocycles. The van der Waals surface area contributed by atoms with Crippen molar-refractivity contribution in [2.24, 2.45) is 0 Å².